The molecule has 1 aromatic carbocycles. The van der Waals surface area contributed by atoms with Crippen LogP contribution in [0.15, 0.2) is 24.3 Å². The fraction of sp³-hybridized carbons (Fsp3) is 0.600. The molecule has 0 aliphatic heterocycles. The minimum Gasteiger partial charge on any atom is -0.395 e. The van der Waals surface area contributed by atoms with E-state index in [1.54, 1.807) is 0 Å². The molecule has 0 radical (unpaired) electrons. The van der Waals surface area contributed by atoms with Gasteiger partial charge in [-0.1, -0.05) is 37.1 Å². The largest absolute Gasteiger partial charge is 0.395 e. The zero-order chi connectivity index (χ0) is 14.1. The van der Waals surface area contributed by atoms with Gasteiger partial charge in [0.1, 0.15) is 0 Å². The van der Waals surface area contributed by atoms with Crippen molar-refractivity contribution < 1.29 is 5.11 Å². The average Bonchev–Trinajstić information content (AvgIpc) is 2.42. The first-order valence-corrected chi connectivity index (χ1v) is 7.39. The molecule has 0 spiro atoms. The molecule has 3 N–H and O–H groups in total. The van der Waals surface area contributed by atoms with Crippen LogP contribution in [-0.2, 0) is 0 Å². The lowest BCUT2D eigenvalue weighted by Crippen LogP contribution is -2.31. The Hall–Kier alpha value is -0.610. The van der Waals surface area contributed by atoms with E-state index in [4.69, 9.17) is 22.4 Å². The van der Waals surface area contributed by atoms with Crippen LogP contribution in [0.2, 0.25) is 5.02 Å². The molecule has 0 bridgehead atoms. The maximum atomic E-state index is 9.06. The van der Waals surface area contributed by atoms with E-state index < -0.39 is 0 Å². The van der Waals surface area contributed by atoms with Crippen molar-refractivity contribution in [3.05, 3.63) is 34.9 Å². The van der Waals surface area contributed by atoms with Gasteiger partial charge in [0.05, 0.1) is 6.61 Å². The van der Waals surface area contributed by atoms with Crippen LogP contribution < -0.4 is 5.73 Å². The van der Waals surface area contributed by atoms with Gasteiger partial charge in [-0.3, -0.25) is 0 Å². The van der Waals surface area contributed by atoms with Crippen LogP contribution in [0.5, 0.6) is 0 Å². The third-order valence-corrected chi connectivity index (χ3v) is 3.55. The topological polar surface area (TPSA) is 49.5 Å². The molecule has 4 heteroatoms. The summed E-state index contributed by atoms with van der Waals surface area (Å²) < 4.78 is 0. The van der Waals surface area contributed by atoms with Gasteiger partial charge >= 0.3 is 0 Å². The van der Waals surface area contributed by atoms with Gasteiger partial charge in [0, 0.05) is 24.2 Å². The van der Waals surface area contributed by atoms with Crippen LogP contribution >= 0.6 is 11.6 Å². The Morgan fingerprint density at radius 1 is 1.21 bits per heavy atom. The fourth-order valence-corrected chi connectivity index (χ4v) is 2.18. The maximum Gasteiger partial charge on any atom is 0.0558 e. The quantitative estimate of drug-likeness (QED) is 0.733. The van der Waals surface area contributed by atoms with Crippen molar-refractivity contribution in [2.24, 2.45) is 5.73 Å². The summed E-state index contributed by atoms with van der Waals surface area (Å²) >= 11 is 5.87. The highest BCUT2D eigenvalue weighted by atomic mass is 35.5. The number of rotatable bonds is 9. The first-order chi connectivity index (χ1) is 9.17. The van der Waals surface area contributed by atoms with Crippen molar-refractivity contribution in [1.82, 2.24) is 4.90 Å². The summed E-state index contributed by atoms with van der Waals surface area (Å²) in [5.41, 5.74) is 7.30. The Kier molecular flexibility index (Phi) is 8.07. The van der Waals surface area contributed by atoms with Crippen LogP contribution in [0, 0.1) is 0 Å². The van der Waals surface area contributed by atoms with Gasteiger partial charge in [-0.15, -0.1) is 0 Å². The number of nitrogens with two attached hydrogens (primary N) is 1. The summed E-state index contributed by atoms with van der Waals surface area (Å²) in [6, 6.07) is 7.74. The molecule has 0 aliphatic carbocycles. The van der Waals surface area contributed by atoms with Crippen LogP contribution in [0.25, 0.3) is 0 Å². The molecular weight excluding hydrogens is 260 g/mol. The van der Waals surface area contributed by atoms with Crippen LogP contribution in [-0.4, -0.2) is 36.2 Å². The van der Waals surface area contributed by atoms with Gasteiger partial charge in [-0.05, 0) is 37.1 Å². The zero-order valence-electron chi connectivity index (χ0n) is 11.7. The van der Waals surface area contributed by atoms with E-state index in [0.29, 0.717) is 0 Å². The van der Waals surface area contributed by atoms with Crippen LogP contribution in [0.3, 0.4) is 0 Å². The number of unbranched alkanes of at least 4 members (excludes halogenated alkanes) is 1. The van der Waals surface area contributed by atoms with E-state index in [0.717, 1.165) is 43.1 Å². The van der Waals surface area contributed by atoms with E-state index >= 15 is 0 Å². The Morgan fingerprint density at radius 3 is 2.47 bits per heavy atom. The normalized spacial score (nSPS) is 12.9. The summed E-state index contributed by atoms with van der Waals surface area (Å²) in [7, 11) is 0. The number of hydrogen-bond acceptors (Lipinski definition) is 3. The summed E-state index contributed by atoms with van der Waals surface area (Å²) in [6.07, 6.45) is 3.23. The fourth-order valence-electron chi connectivity index (χ4n) is 2.06. The lowest BCUT2D eigenvalue weighted by molar-refractivity contribution is 0.189. The summed E-state index contributed by atoms with van der Waals surface area (Å²) in [6.45, 7) is 5.07. The molecule has 108 valence electrons. The molecule has 0 saturated carbocycles. The van der Waals surface area contributed by atoms with Gasteiger partial charge in [0.25, 0.3) is 0 Å². The van der Waals surface area contributed by atoms with Crippen molar-refractivity contribution >= 4 is 11.6 Å². The van der Waals surface area contributed by atoms with Crippen molar-refractivity contribution in [3.63, 3.8) is 0 Å². The highest BCUT2D eigenvalue weighted by Gasteiger charge is 2.09. The van der Waals surface area contributed by atoms with Gasteiger partial charge in [-0.25, -0.2) is 0 Å². The molecule has 0 fully saturated rings. The minimum absolute atomic E-state index is 0.0279. The highest BCUT2D eigenvalue weighted by Crippen LogP contribution is 2.17. The Bertz CT molecular complexity index is 343. The first-order valence-electron chi connectivity index (χ1n) is 7.01. The molecule has 0 heterocycles. The molecule has 1 aromatic rings. The van der Waals surface area contributed by atoms with E-state index in [-0.39, 0.29) is 12.6 Å². The number of aliphatic hydroxyl groups is 1. The Morgan fingerprint density at radius 2 is 1.89 bits per heavy atom. The minimum atomic E-state index is 0.0279. The van der Waals surface area contributed by atoms with E-state index in [9.17, 15) is 0 Å². The highest BCUT2D eigenvalue weighted by molar-refractivity contribution is 6.30. The molecule has 1 unspecified atom stereocenters. The Balaban J connectivity index is 2.41. The molecule has 0 amide bonds. The Labute approximate surface area is 121 Å². The van der Waals surface area contributed by atoms with Crippen LogP contribution in [0.1, 0.15) is 37.8 Å². The smallest absolute Gasteiger partial charge is 0.0558 e. The maximum absolute atomic E-state index is 9.06. The molecule has 0 aliphatic rings. The van der Waals surface area contributed by atoms with Crippen molar-refractivity contribution in [2.45, 2.75) is 32.2 Å². The second-order valence-corrected chi connectivity index (χ2v) is 5.30. The van der Waals surface area contributed by atoms with E-state index in [1.165, 1.54) is 6.42 Å². The molecular formula is C15H25ClN2O. The van der Waals surface area contributed by atoms with E-state index in [2.05, 4.69) is 11.8 Å². The zero-order valence-corrected chi connectivity index (χ0v) is 12.4. The number of aliphatic hydroxyl groups excluding tert-OH is 1. The number of nitrogens with zero attached hydrogens (tertiary/aromatic N) is 1. The first kappa shape index (κ1) is 16.4. The summed E-state index contributed by atoms with van der Waals surface area (Å²) in [5.74, 6) is 0. The number of benzene rings is 1. The number of hydrogen-bond donors (Lipinski definition) is 2. The summed E-state index contributed by atoms with van der Waals surface area (Å²) in [5, 5.41) is 9.80. The van der Waals surface area contributed by atoms with Crippen molar-refractivity contribution in [3.8, 4) is 0 Å². The van der Waals surface area contributed by atoms with Crippen LogP contribution in [0.4, 0.5) is 0 Å². The monoisotopic (exact) mass is 284 g/mol. The lowest BCUT2D eigenvalue weighted by Gasteiger charge is -2.23. The predicted molar refractivity (Wildman–Crippen MR) is 81.4 cm³/mol. The third kappa shape index (κ3) is 6.39. The molecule has 19 heavy (non-hydrogen) atoms. The molecule has 3 nitrogen and oxygen atoms in total. The van der Waals surface area contributed by atoms with Gasteiger partial charge in [0.2, 0.25) is 0 Å². The third-order valence-electron chi connectivity index (χ3n) is 3.30. The number of halogens is 1. The molecule has 0 saturated heterocycles. The van der Waals surface area contributed by atoms with Gasteiger partial charge < -0.3 is 15.7 Å². The van der Waals surface area contributed by atoms with E-state index in [1.807, 2.05) is 24.3 Å². The summed E-state index contributed by atoms with van der Waals surface area (Å²) in [4.78, 5) is 2.28. The lowest BCUT2D eigenvalue weighted by atomic mass is 10.0. The SMILES string of the molecule is CCCCN(CCO)CCC(N)c1ccc(Cl)cc1. The molecule has 0 aromatic heterocycles. The molecule has 1 rings (SSSR count). The molecule has 1 atom stereocenters. The average molecular weight is 285 g/mol. The van der Waals surface area contributed by atoms with Gasteiger partial charge in [-0.2, -0.15) is 0 Å². The second-order valence-electron chi connectivity index (χ2n) is 4.87. The van der Waals surface area contributed by atoms with Gasteiger partial charge in [0.15, 0.2) is 0 Å². The van der Waals surface area contributed by atoms with Crippen molar-refractivity contribution in [1.29, 1.82) is 0 Å². The standard InChI is InChI=1S/C15H25ClN2O/c1-2-3-9-18(11-12-19)10-8-15(17)13-4-6-14(16)7-5-13/h4-7,15,19H,2-3,8-12,17H2,1H3. The van der Waals surface area contributed by atoms with Crippen molar-refractivity contribution in [2.75, 3.05) is 26.2 Å². The second kappa shape index (κ2) is 9.32. The predicted octanol–water partition coefficient (Wildman–Crippen LogP) is 2.82.